The van der Waals surface area contributed by atoms with Crippen molar-refractivity contribution in [2.75, 3.05) is 25.5 Å². The maximum absolute atomic E-state index is 15.4. The Labute approximate surface area is 208 Å². The molecular formula is C23H24F4N8O2. The fourth-order valence-electron chi connectivity index (χ4n) is 4.67. The number of anilines is 1. The van der Waals surface area contributed by atoms with Gasteiger partial charge in [-0.15, -0.1) is 10.2 Å². The molecule has 1 unspecified atom stereocenters. The van der Waals surface area contributed by atoms with Crippen LogP contribution in [-0.2, 0) is 11.3 Å². The maximum Gasteiger partial charge on any atom is 0.258 e. The molecule has 1 aliphatic rings. The zero-order chi connectivity index (χ0) is 26.5. The molecule has 0 bridgehead atoms. The minimum atomic E-state index is -2.69. The quantitative estimate of drug-likeness (QED) is 0.389. The van der Waals surface area contributed by atoms with Crippen molar-refractivity contribution in [1.82, 2.24) is 34.5 Å². The number of carbonyl (C=O) groups is 1. The van der Waals surface area contributed by atoms with E-state index in [-0.39, 0.29) is 35.3 Å². The molecule has 0 spiro atoms. The number of likely N-dealkylation sites (tertiary alicyclic amines) is 1. The van der Waals surface area contributed by atoms with E-state index in [1.54, 1.807) is 12.3 Å². The SMILES string of the molecule is COc1nc(N[C@@H]2CCN(C(C)=O)CC2(C)F)nn2ccc(-c3cc(F)c4nnn(CC(F)F)c4c3)c12. The van der Waals surface area contributed by atoms with Crippen LogP contribution in [0.4, 0.5) is 23.5 Å². The third-order valence-corrected chi connectivity index (χ3v) is 6.53. The summed E-state index contributed by atoms with van der Waals surface area (Å²) in [5.41, 5.74) is -0.479. The molecule has 14 heteroatoms. The summed E-state index contributed by atoms with van der Waals surface area (Å²) in [5, 5.41) is 14.7. The molecule has 1 saturated heterocycles. The summed E-state index contributed by atoms with van der Waals surface area (Å²) < 4.78 is 63.9. The van der Waals surface area contributed by atoms with Crippen molar-refractivity contribution in [3.63, 3.8) is 0 Å². The summed E-state index contributed by atoms with van der Waals surface area (Å²) in [7, 11) is 1.40. The molecule has 0 radical (unpaired) electrons. The van der Waals surface area contributed by atoms with E-state index in [4.69, 9.17) is 4.74 Å². The molecule has 1 aliphatic heterocycles. The number of amides is 1. The van der Waals surface area contributed by atoms with Gasteiger partial charge in [-0.3, -0.25) is 4.79 Å². The fourth-order valence-corrected chi connectivity index (χ4v) is 4.67. The highest BCUT2D eigenvalue weighted by Crippen LogP contribution is 2.35. The first-order valence-corrected chi connectivity index (χ1v) is 11.5. The Bertz CT molecular complexity index is 1480. The van der Waals surface area contributed by atoms with Gasteiger partial charge in [-0.2, -0.15) is 4.98 Å². The zero-order valence-corrected chi connectivity index (χ0v) is 20.3. The summed E-state index contributed by atoms with van der Waals surface area (Å²) in [6.45, 7) is 2.43. The standard InChI is InChI=1S/C23H24F4N8O2/c1-12(36)33-6-5-17(23(2,27)11-33)28-22-29-21(37-3)20-14(4-7-34(20)31-22)13-8-15(24)19-16(9-13)35(32-30-19)10-18(25)26/h4,7-9,17-18H,5-6,10-11H2,1-3H3,(H,28,31)/t17-,23?/m1/s1. The van der Waals surface area contributed by atoms with Gasteiger partial charge in [0.25, 0.3) is 6.43 Å². The minimum Gasteiger partial charge on any atom is -0.479 e. The van der Waals surface area contributed by atoms with Crippen LogP contribution in [0.5, 0.6) is 5.88 Å². The summed E-state index contributed by atoms with van der Waals surface area (Å²) in [4.78, 5) is 17.5. The predicted molar refractivity (Wildman–Crippen MR) is 126 cm³/mol. The number of benzene rings is 1. The van der Waals surface area contributed by atoms with Crippen LogP contribution in [-0.4, -0.2) is 78.7 Å². The molecule has 4 aromatic rings. The smallest absolute Gasteiger partial charge is 0.258 e. The van der Waals surface area contributed by atoms with E-state index in [2.05, 4.69) is 25.7 Å². The van der Waals surface area contributed by atoms with Crippen LogP contribution in [0.2, 0.25) is 0 Å². The number of carbonyl (C=O) groups excluding carboxylic acids is 1. The van der Waals surface area contributed by atoms with Gasteiger partial charge in [0.1, 0.15) is 23.2 Å². The van der Waals surface area contributed by atoms with Crippen LogP contribution in [0, 0.1) is 5.82 Å². The largest absolute Gasteiger partial charge is 0.479 e. The van der Waals surface area contributed by atoms with E-state index in [1.807, 2.05) is 0 Å². The van der Waals surface area contributed by atoms with Crippen LogP contribution in [0.25, 0.3) is 27.7 Å². The molecule has 37 heavy (non-hydrogen) atoms. The Hall–Kier alpha value is -3.97. The number of rotatable bonds is 6. The van der Waals surface area contributed by atoms with Gasteiger partial charge in [-0.1, -0.05) is 5.21 Å². The van der Waals surface area contributed by atoms with Crippen molar-refractivity contribution in [2.45, 2.75) is 44.9 Å². The van der Waals surface area contributed by atoms with Gasteiger partial charge in [0, 0.05) is 25.2 Å². The monoisotopic (exact) mass is 520 g/mol. The van der Waals surface area contributed by atoms with Gasteiger partial charge >= 0.3 is 0 Å². The van der Waals surface area contributed by atoms with Gasteiger partial charge in [0.05, 0.1) is 25.2 Å². The van der Waals surface area contributed by atoms with Gasteiger partial charge in [0.15, 0.2) is 5.82 Å². The average molecular weight is 520 g/mol. The first-order valence-electron chi connectivity index (χ1n) is 11.5. The van der Waals surface area contributed by atoms with Crippen LogP contribution in [0.15, 0.2) is 24.4 Å². The number of hydrogen-bond acceptors (Lipinski definition) is 7. The van der Waals surface area contributed by atoms with E-state index in [9.17, 15) is 18.0 Å². The zero-order valence-electron chi connectivity index (χ0n) is 20.3. The summed E-state index contributed by atoms with van der Waals surface area (Å²) in [5.74, 6) is -0.662. The lowest BCUT2D eigenvalue weighted by Gasteiger charge is -2.41. The lowest BCUT2D eigenvalue weighted by atomic mass is 9.91. The molecule has 2 atom stereocenters. The van der Waals surface area contributed by atoms with E-state index in [0.29, 0.717) is 29.6 Å². The van der Waals surface area contributed by atoms with Crippen LogP contribution in [0.3, 0.4) is 0 Å². The number of fused-ring (bicyclic) bond motifs is 2. The molecule has 1 amide bonds. The van der Waals surface area contributed by atoms with Crippen LogP contribution < -0.4 is 10.1 Å². The maximum atomic E-state index is 15.4. The topological polar surface area (TPSA) is 102 Å². The van der Waals surface area contributed by atoms with Crippen molar-refractivity contribution in [3.05, 3.63) is 30.2 Å². The number of nitrogens with one attached hydrogen (secondary N) is 1. The number of methoxy groups -OCH3 is 1. The fraction of sp³-hybridized carbons (Fsp3) is 0.435. The Balaban J connectivity index is 1.51. The highest BCUT2D eigenvalue weighted by Gasteiger charge is 2.41. The minimum absolute atomic E-state index is 0.0575. The van der Waals surface area contributed by atoms with Gasteiger partial charge in [-0.25, -0.2) is 26.8 Å². The molecule has 1 fully saturated rings. The van der Waals surface area contributed by atoms with Gasteiger partial charge in [0.2, 0.25) is 17.7 Å². The number of aromatic nitrogens is 6. The third-order valence-electron chi connectivity index (χ3n) is 6.53. The van der Waals surface area contributed by atoms with E-state index in [1.165, 1.54) is 42.5 Å². The number of halogens is 4. The number of ether oxygens (including phenoxy) is 1. The number of nitrogens with zero attached hydrogens (tertiary/aromatic N) is 7. The van der Waals surface area contributed by atoms with E-state index < -0.39 is 30.5 Å². The van der Waals surface area contributed by atoms with Crippen molar-refractivity contribution in [2.24, 2.45) is 0 Å². The second-order valence-electron chi connectivity index (χ2n) is 9.16. The lowest BCUT2D eigenvalue weighted by molar-refractivity contribution is -0.132. The molecule has 1 N–H and O–H groups in total. The molecule has 196 valence electrons. The van der Waals surface area contributed by atoms with Crippen molar-refractivity contribution >= 4 is 28.4 Å². The number of alkyl halides is 3. The Morgan fingerprint density at radius 2 is 2.14 bits per heavy atom. The van der Waals surface area contributed by atoms with Crippen molar-refractivity contribution < 1.29 is 27.1 Å². The summed E-state index contributed by atoms with van der Waals surface area (Å²) >= 11 is 0. The van der Waals surface area contributed by atoms with E-state index in [0.717, 1.165) is 4.68 Å². The molecular weight excluding hydrogens is 496 g/mol. The highest BCUT2D eigenvalue weighted by molar-refractivity contribution is 5.89. The molecule has 1 aromatic carbocycles. The molecule has 4 heterocycles. The average Bonchev–Trinajstić information content (AvgIpc) is 3.44. The Morgan fingerprint density at radius 1 is 1.35 bits per heavy atom. The first-order chi connectivity index (χ1) is 17.6. The third kappa shape index (κ3) is 4.51. The second kappa shape index (κ2) is 9.16. The van der Waals surface area contributed by atoms with Crippen LogP contribution >= 0.6 is 0 Å². The first kappa shape index (κ1) is 24.7. The highest BCUT2D eigenvalue weighted by atomic mass is 19.3. The van der Waals surface area contributed by atoms with Gasteiger partial charge < -0.3 is 15.0 Å². The molecule has 10 nitrogen and oxygen atoms in total. The normalized spacial score (nSPS) is 20.2. The molecule has 0 aliphatic carbocycles. The van der Waals surface area contributed by atoms with Crippen molar-refractivity contribution in [3.8, 4) is 17.0 Å². The lowest BCUT2D eigenvalue weighted by Crippen LogP contribution is -2.56. The number of hydrogen-bond donors (Lipinski definition) is 1. The van der Waals surface area contributed by atoms with Crippen molar-refractivity contribution in [1.29, 1.82) is 0 Å². The Morgan fingerprint density at radius 3 is 2.81 bits per heavy atom. The second-order valence-corrected chi connectivity index (χ2v) is 9.16. The molecule has 3 aromatic heterocycles. The van der Waals surface area contributed by atoms with Crippen LogP contribution in [0.1, 0.15) is 20.3 Å². The summed E-state index contributed by atoms with van der Waals surface area (Å²) in [6, 6.07) is 3.74. The van der Waals surface area contributed by atoms with E-state index >= 15 is 4.39 Å². The molecule has 5 rings (SSSR count). The molecule has 0 saturated carbocycles. The number of piperidine rings is 1. The Kier molecular flexibility index (Phi) is 6.12. The predicted octanol–water partition coefficient (Wildman–Crippen LogP) is 3.31. The van der Waals surface area contributed by atoms with Gasteiger partial charge in [-0.05, 0) is 37.1 Å². The summed E-state index contributed by atoms with van der Waals surface area (Å²) in [6.07, 6.45) is -0.733.